The van der Waals surface area contributed by atoms with Crippen molar-refractivity contribution in [1.82, 2.24) is 14.9 Å². The van der Waals surface area contributed by atoms with E-state index in [0.29, 0.717) is 17.4 Å². The zero-order chi connectivity index (χ0) is 17.8. The van der Waals surface area contributed by atoms with Crippen molar-refractivity contribution in [3.63, 3.8) is 0 Å². The first kappa shape index (κ1) is 16.5. The first-order valence-corrected chi connectivity index (χ1v) is 7.77. The van der Waals surface area contributed by atoms with Crippen LogP contribution >= 0.6 is 0 Å². The van der Waals surface area contributed by atoms with E-state index >= 15 is 0 Å². The average molecular weight is 339 g/mol. The summed E-state index contributed by atoms with van der Waals surface area (Å²) in [6.07, 6.45) is 4.16. The second-order valence-electron chi connectivity index (χ2n) is 5.58. The molecule has 0 saturated heterocycles. The molecule has 128 valence electrons. The molecule has 3 aromatic rings. The van der Waals surface area contributed by atoms with E-state index in [1.807, 2.05) is 41.1 Å². The van der Waals surface area contributed by atoms with Crippen LogP contribution in [-0.2, 0) is 17.8 Å². The lowest BCUT2D eigenvalue weighted by molar-refractivity contribution is -0.135. The summed E-state index contributed by atoms with van der Waals surface area (Å²) in [7, 11) is 0. The SMILES string of the molecule is O=C(O)CNC(=O)c1ncc2c(ccn2CCc2ccccc2)c1O. The Morgan fingerprint density at radius 2 is 1.92 bits per heavy atom. The number of rotatable bonds is 6. The molecule has 0 unspecified atom stereocenters. The van der Waals surface area contributed by atoms with Gasteiger partial charge in [0, 0.05) is 18.1 Å². The first-order chi connectivity index (χ1) is 12.1. The van der Waals surface area contributed by atoms with Crippen LogP contribution in [0.1, 0.15) is 16.1 Å². The Balaban J connectivity index is 1.81. The Kier molecular flexibility index (Phi) is 4.65. The number of fused-ring (bicyclic) bond motifs is 1. The van der Waals surface area contributed by atoms with E-state index in [9.17, 15) is 14.7 Å². The van der Waals surface area contributed by atoms with Gasteiger partial charge >= 0.3 is 5.97 Å². The van der Waals surface area contributed by atoms with Crippen molar-refractivity contribution in [3.8, 4) is 5.75 Å². The van der Waals surface area contributed by atoms with Crippen molar-refractivity contribution >= 4 is 22.8 Å². The molecule has 7 nitrogen and oxygen atoms in total. The predicted octanol–water partition coefficient (Wildman–Crippen LogP) is 1.80. The Hall–Kier alpha value is -3.35. The molecular weight excluding hydrogens is 322 g/mol. The third-order valence-electron chi connectivity index (χ3n) is 3.90. The third-order valence-corrected chi connectivity index (χ3v) is 3.90. The van der Waals surface area contributed by atoms with Crippen LogP contribution in [0.5, 0.6) is 5.75 Å². The number of aliphatic carboxylic acids is 1. The van der Waals surface area contributed by atoms with E-state index in [2.05, 4.69) is 10.3 Å². The van der Waals surface area contributed by atoms with Gasteiger partial charge in [0.1, 0.15) is 6.54 Å². The number of benzene rings is 1. The van der Waals surface area contributed by atoms with Gasteiger partial charge in [-0.05, 0) is 18.1 Å². The van der Waals surface area contributed by atoms with Gasteiger partial charge in [0.15, 0.2) is 11.4 Å². The molecule has 1 amide bonds. The fraction of sp³-hybridized carbons (Fsp3) is 0.167. The summed E-state index contributed by atoms with van der Waals surface area (Å²) in [5.41, 5.74) is 1.73. The van der Waals surface area contributed by atoms with Crippen molar-refractivity contribution in [2.24, 2.45) is 0 Å². The molecule has 1 aromatic carbocycles. The number of aromatic nitrogens is 2. The molecule has 0 radical (unpaired) electrons. The molecule has 0 saturated carbocycles. The topological polar surface area (TPSA) is 104 Å². The van der Waals surface area contributed by atoms with E-state index in [0.717, 1.165) is 6.42 Å². The summed E-state index contributed by atoms with van der Waals surface area (Å²) >= 11 is 0. The molecule has 3 rings (SSSR count). The summed E-state index contributed by atoms with van der Waals surface area (Å²) in [6, 6.07) is 11.7. The van der Waals surface area contributed by atoms with Crippen molar-refractivity contribution in [2.45, 2.75) is 13.0 Å². The maximum atomic E-state index is 11.9. The van der Waals surface area contributed by atoms with Crippen LogP contribution in [0.2, 0.25) is 0 Å². The number of pyridine rings is 1. The fourth-order valence-corrected chi connectivity index (χ4v) is 2.64. The highest BCUT2D eigenvalue weighted by atomic mass is 16.4. The zero-order valence-corrected chi connectivity index (χ0v) is 13.3. The second kappa shape index (κ2) is 7.04. The summed E-state index contributed by atoms with van der Waals surface area (Å²) in [6.45, 7) is 0.176. The molecule has 0 spiro atoms. The van der Waals surface area contributed by atoms with Gasteiger partial charge in [0.2, 0.25) is 0 Å². The fourth-order valence-electron chi connectivity index (χ4n) is 2.64. The van der Waals surface area contributed by atoms with Crippen molar-refractivity contribution < 1.29 is 19.8 Å². The summed E-state index contributed by atoms with van der Waals surface area (Å²) < 4.78 is 1.95. The van der Waals surface area contributed by atoms with Crippen LogP contribution < -0.4 is 5.32 Å². The van der Waals surface area contributed by atoms with Crippen LogP contribution in [0.3, 0.4) is 0 Å². The molecule has 0 aliphatic heterocycles. The minimum absolute atomic E-state index is 0.186. The molecule has 0 aliphatic rings. The molecular formula is C18H17N3O4. The summed E-state index contributed by atoms with van der Waals surface area (Å²) in [5, 5.41) is 21.6. The van der Waals surface area contributed by atoms with Crippen LogP contribution in [0.15, 0.2) is 48.8 Å². The highest BCUT2D eigenvalue weighted by Crippen LogP contribution is 2.28. The molecule has 2 heterocycles. The number of carbonyl (C=O) groups is 2. The van der Waals surface area contributed by atoms with E-state index < -0.39 is 18.4 Å². The van der Waals surface area contributed by atoms with Crippen LogP contribution in [0.25, 0.3) is 10.9 Å². The largest absolute Gasteiger partial charge is 0.505 e. The maximum Gasteiger partial charge on any atom is 0.322 e. The summed E-state index contributed by atoms with van der Waals surface area (Å²) in [4.78, 5) is 26.4. The number of amides is 1. The minimum Gasteiger partial charge on any atom is -0.505 e. The van der Waals surface area contributed by atoms with Gasteiger partial charge in [-0.3, -0.25) is 9.59 Å². The number of carboxylic acids is 1. The van der Waals surface area contributed by atoms with Crippen molar-refractivity contribution in [3.05, 3.63) is 60.0 Å². The Morgan fingerprint density at radius 1 is 1.16 bits per heavy atom. The Bertz CT molecular complexity index is 919. The number of carboxylic acid groups (broad SMARTS) is 1. The number of aryl methyl sites for hydroxylation is 2. The minimum atomic E-state index is -1.17. The van der Waals surface area contributed by atoms with E-state index in [4.69, 9.17) is 5.11 Å². The molecule has 0 atom stereocenters. The quantitative estimate of drug-likeness (QED) is 0.635. The standard InChI is InChI=1S/C18H17N3O4/c22-15(23)11-20-18(25)16-17(24)13-7-9-21(14(13)10-19-16)8-6-12-4-2-1-3-5-12/h1-5,7,9-10,24H,6,8,11H2,(H,20,25)(H,22,23). The number of hydrogen-bond acceptors (Lipinski definition) is 4. The van der Waals surface area contributed by atoms with Crippen LogP contribution in [0, 0.1) is 0 Å². The molecule has 0 aliphatic carbocycles. The predicted molar refractivity (Wildman–Crippen MR) is 91.5 cm³/mol. The van der Waals surface area contributed by atoms with Gasteiger partial charge in [0.25, 0.3) is 5.91 Å². The highest BCUT2D eigenvalue weighted by Gasteiger charge is 2.17. The molecule has 7 heteroatoms. The lowest BCUT2D eigenvalue weighted by Gasteiger charge is -2.08. The number of nitrogens with one attached hydrogen (secondary N) is 1. The Labute approximate surface area is 143 Å². The molecule has 0 bridgehead atoms. The number of nitrogens with zero attached hydrogens (tertiary/aromatic N) is 2. The average Bonchev–Trinajstić information content (AvgIpc) is 3.03. The number of aromatic hydroxyl groups is 1. The smallest absolute Gasteiger partial charge is 0.322 e. The zero-order valence-electron chi connectivity index (χ0n) is 13.3. The van der Waals surface area contributed by atoms with Gasteiger partial charge < -0.3 is 20.1 Å². The van der Waals surface area contributed by atoms with Gasteiger partial charge in [-0.15, -0.1) is 0 Å². The number of carbonyl (C=O) groups excluding carboxylic acids is 1. The van der Waals surface area contributed by atoms with Crippen LogP contribution in [-0.4, -0.2) is 38.2 Å². The molecule has 25 heavy (non-hydrogen) atoms. The lowest BCUT2D eigenvalue weighted by atomic mass is 10.1. The first-order valence-electron chi connectivity index (χ1n) is 7.77. The van der Waals surface area contributed by atoms with E-state index in [-0.39, 0.29) is 11.4 Å². The monoisotopic (exact) mass is 339 g/mol. The highest BCUT2D eigenvalue weighted by molar-refractivity contribution is 6.01. The third kappa shape index (κ3) is 3.60. The van der Waals surface area contributed by atoms with Gasteiger partial charge in [-0.2, -0.15) is 0 Å². The van der Waals surface area contributed by atoms with Crippen molar-refractivity contribution in [2.75, 3.05) is 6.54 Å². The van der Waals surface area contributed by atoms with Gasteiger partial charge in [-0.25, -0.2) is 4.98 Å². The van der Waals surface area contributed by atoms with E-state index in [1.54, 1.807) is 6.07 Å². The normalized spacial score (nSPS) is 10.7. The van der Waals surface area contributed by atoms with Gasteiger partial charge in [-0.1, -0.05) is 30.3 Å². The molecule has 0 fully saturated rings. The van der Waals surface area contributed by atoms with Crippen LogP contribution in [0.4, 0.5) is 0 Å². The second-order valence-corrected chi connectivity index (χ2v) is 5.58. The summed E-state index contributed by atoms with van der Waals surface area (Å²) in [5.74, 6) is -2.14. The lowest BCUT2D eigenvalue weighted by Crippen LogP contribution is -2.29. The maximum absolute atomic E-state index is 11.9. The van der Waals surface area contributed by atoms with E-state index in [1.165, 1.54) is 11.8 Å². The molecule has 2 aromatic heterocycles. The Morgan fingerprint density at radius 3 is 2.64 bits per heavy atom. The van der Waals surface area contributed by atoms with Crippen molar-refractivity contribution in [1.29, 1.82) is 0 Å². The van der Waals surface area contributed by atoms with Gasteiger partial charge in [0.05, 0.1) is 11.7 Å². The number of hydrogen-bond donors (Lipinski definition) is 3. The molecule has 3 N–H and O–H groups in total.